The highest BCUT2D eigenvalue weighted by atomic mass is 32.1. The van der Waals surface area contributed by atoms with Gasteiger partial charge in [-0.2, -0.15) is 0 Å². The zero-order valence-electron chi connectivity index (χ0n) is 12.1. The second-order valence-electron chi connectivity index (χ2n) is 5.02. The number of amides is 3. The lowest BCUT2D eigenvalue weighted by molar-refractivity contribution is 0.0954. The Labute approximate surface area is 132 Å². The molecule has 1 fully saturated rings. The highest BCUT2D eigenvalue weighted by molar-refractivity contribution is 7.18. The SMILES string of the molecule is Cc1cc(N2CCNC2=O)sc1C(=O)NCc1cccnc1. The van der Waals surface area contributed by atoms with Gasteiger partial charge in [-0.15, -0.1) is 11.3 Å². The summed E-state index contributed by atoms with van der Waals surface area (Å²) in [5.74, 6) is -0.128. The van der Waals surface area contributed by atoms with Crippen molar-refractivity contribution in [1.29, 1.82) is 0 Å². The zero-order chi connectivity index (χ0) is 15.5. The van der Waals surface area contributed by atoms with Crippen LogP contribution in [0.4, 0.5) is 9.80 Å². The molecule has 0 atom stereocenters. The number of carbonyl (C=O) groups excluding carboxylic acids is 2. The molecule has 1 saturated heterocycles. The normalized spacial score (nSPS) is 14.0. The summed E-state index contributed by atoms with van der Waals surface area (Å²) < 4.78 is 0. The van der Waals surface area contributed by atoms with E-state index < -0.39 is 0 Å². The fourth-order valence-electron chi connectivity index (χ4n) is 2.27. The Morgan fingerprint density at radius 1 is 1.55 bits per heavy atom. The molecule has 3 heterocycles. The standard InChI is InChI=1S/C15H16N4O2S/c1-10-7-12(19-6-5-17-15(19)21)22-13(10)14(20)18-9-11-3-2-4-16-8-11/h2-4,7-8H,5-6,9H2,1H3,(H,17,21)(H,18,20). The Bertz CT molecular complexity index is 699. The number of pyridine rings is 1. The van der Waals surface area contributed by atoms with Crippen LogP contribution in [-0.4, -0.2) is 30.0 Å². The maximum Gasteiger partial charge on any atom is 0.322 e. The highest BCUT2D eigenvalue weighted by Crippen LogP contribution is 2.30. The first-order valence-corrected chi connectivity index (χ1v) is 7.79. The Morgan fingerprint density at radius 2 is 2.41 bits per heavy atom. The van der Waals surface area contributed by atoms with Crippen molar-refractivity contribution in [2.24, 2.45) is 0 Å². The zero-order valence-corrected chi connectivity index (χ0v) is 12.9. The van der Waals surface area contributed by atoms with Gasteiger partial charge in [-0.1, -0.05) is 6.07 Å². The number of nitrogens with one attached hydrogen (secondary N) is 2. The minimum absolute atomic E-state index is 0.108. The summed E-state index contributed by atoms with van der Waals surface area (Å²) in [7, 11) is 0. The fraction of sp³-hybridized carbons (Fsp3) is 0.267. The summed E-state index contributed by atoms with van der Waals surface area (Å²) in [6.07, 6.45) is 3.42. The number of rotatable bonds is 4. The number of hydrogen-bond donors (Lipinski definition) is 2. The second kappa shape index (κ2) is 6.15. The smallest absolute Gasteiger partial charge is 0.322 e. The van der Waals surface area contributed by atoms with Gasteiger partial charge in [0.1, 0.15) is 5.00 Å². The number of anilines is 1. The number of urea groups is 1. The number of nitrogens with zero attached hydrogens (tertiary/aromatic N) is 2. The van der Waals surface area contributed by atoms with E-state index in [-0.39, 0.29) is 11.9 Å². The molecule has 22 heavy (non-hydrogen) atoms. The topological polar surface area (TPSA) is 74.3 Å². The molecular weight excluding hydrogens is 300 g/mol. The van der Waals surface area contributed by atoms with E-state index in [1.807, 2.05) is 25.1 Å². The molecule has 0 unspecified atom stereocenters. The molecule has 3 rings (SSSR count). The van der Waals surface area contributed by atoms with Crippen molar-refractivity contribution in [3.63, 3.8) is 0 Å². The van der Waals surface area contributed by atoms with Gasteiger partial charge in [0.25, 0.3) is 5.91 Å². The van der Waals surface area contributed by atoms with E-state index in [0.717, 1.165) is 16.1 Å². The Kier molecular flexibility index (Phi) is 4.06. The van der Waals surface area contributed by atoms with Crippen LogP contribution in [-0.2, 0) is 6.54 Å². The van der Waals surface area contributed by atoms with Crippen LogP contribution in [0.25, 0.3) is 0 Å². The average molecular weight is 316 g/mol. The van der Waals surface area contributed by atoms with Crippen molar-refractivity contribution in [3.05, 3.63) is 46.6 Å². The molecule has 7 heteroatoms. The summed E-state index contributed by atoms with van der Waals surface area (Å²) >= 11 is 1.34. The maximum absolute atomic E-state index is 12.3. The van der Waals surface area contributed by atoms with Crippen LogP contribution in [0.2, 0.25) is 0 Å². The first-order valence-electron chi connectivity index (χ1n) is 6.98. The monoisotopic (exact) mass is 316 g/mol. The molecule has 0 bridgehead atoms. The molecule has 2 aromatic rings. The lowest BCUT2D eigenvalue weighted by Gasteiger charge is -2.10. The Balaban J connectivity index is 1.70. The Hall–Kier alpha value is -2.41. The van der Waals surface area contributed by atoms with Gasteiger partial charge in [-0.25, -0.2) is 4.79 Å². The minimum atomic E-state index is -0.128. The molecule has 2 N–H and O–H groups in total. The molecule has 0 saturated carbocycles. The van der Waals surface area contributed by atoms with Crippen LogP contribution in [0.1, 0.15) is 20.8 Å². The predicted molar refractivity (Wildman–Crippen MR) is 85.2 cm³/mol. The summed E-state index contributed by atoms with van der Waals surface area (Å²) in [4.78, 5) is 30.3. The maximum atomic E-state index is 12.3. The third kappa shape index (κ3) is 2.94. The predicted octanol–water partition coefficient (Wildman–Crippen LogP) is 1.91. The highest BCUT2D eigenvalue weighted by Gasteiger charge is 2.24. The minimum Gasteiger partial charge on any atom is -0.347 e. The molecule has 114 valence electrons. The van der Waals surface area contributed by atoms with Gasteiger partial charge in [0.05, 0.1) is 4.88 Å². The first-order chi connectivity index (χ1) is 10.6. The molecule has 1 aliphatic rings. The average Bonchev–Trinajstić information content (AvgIpc) is 3.11. The van der Waals surface area contributed by atoms with Crippen LogP contribution in [0.3, 0.4) is 0 Å². The van der Waals surface area contributed by atoms with Crippen molar-refractivity contribution >= 4 is 28.3 Å². The molecule has 0 spiro atoms. The van der Waals surface area contributed by atoms with E-state index >= 15 is 0 Å². The van der Waals surface area contributed by atoms with Crippen molar-refractivity contribution in [1.82, 2.24) is 15.6 Å². The molecule has 0 radical (unpaired) electrons. The molecule has 6 nitrogen and oxygen atoms in total. The lowest BCUT2D eigenvalue weighted by atomic mass is 10.2. The van der Waals surface area contributed by atoms with Crippen LogP contribution in [0, 0.1) is 6.92 Å². The van der Waals surface area contributed by atoms with Gasteiger partial charge < -0.3 is 10.6 Å². The van der Waals surface area contributed by atoms with Crippen LogP contribution < -0.4 is 15.5 Å². The van der Waals surface area contributed by atoms with Gasteiger partial charge >= 0.3 is 6.03 Å². The fourth-order valence-corrected chi connectivity index (χ4v) is 3.38. The number of aryl methyl sites for hydroxylation is 1. The van der Waals surface area contributed by atoms with E-state index in [1.54, 1.807) is 17.3 Å². The van der Waals surface area contributed by atoms with Crippen LogP contribution in [0.5, 0.6) is 0 Å². The third-order valence-electron chi connectivity index (χ3n) is 3.41. The number of carbonyl (C=O) groups is 2. The van der Waals surface area contributed by atoms with Gasteiger partial charge in [0, 0.05) is 32.0 Å². The Morgan fingerprint density at radius 3 is 3.09 bits per heavy atom. The summed E-state index contributed by atoms with van der Waals surface area (Å²) in [5, 5.41) is 6.45. The van der Waals surface area contributed by atoms with E-state index in [4.69, 9.17) is 0 Å². The number of hydrogen-bond acceptors (Lipinski definition) is 4. The summed E-state index contributed by atoms with van der Waals surface area (Å²) in [6, 6.07) is 5.52. The lowest BCUT2D eigenvalue weighted by Crippen LogP contribution is -2.26. The van der Waals surface area contributed by atoms with Crippen LogP contribution in [0.15, 0.2) is 30.6 Å². The quantitative estimate of drug-likeness (QED) is 0.905. The molecule has 1 aliphatic heterocycles. The molecule has 2 aromatic heterocycles. The van der Waals surface area contributed by atoms with Gasteiger partial charge in [0.2, 0.25) is 0 Å². The van der Waals surface area contributed by atoms with Crippen molar-refractivity contribution in [2.75, 3.05) is 18.0 Å². The van der Waals surface area contributed by atoms with Gasteiger partial charge in [-0.3, -0.25) is 14.7 Å². The molecular formula is C15H16N4O2S. The van der Waals surface area contributed by atoms with Crippen molar-refractivity contribution in [2.45, 2.75) is 13.5 Å². The number of thiophene rings is 1. The van der Waals surface area contributed by atoms with Crippen LogP contribution >= 0.6 is 11.3 Å². The molecule has 3 amide bonds. The van der Waals surface area contributed by atoms with Gasteiger partial charge in [-0.05, 0) is 30.2 Å². The second-order valence-corrected chi connectivity index (χ2v) is 6.05. The van der Waals surface area contributed by atoms with Gasteiger partial charge in [0.15, 0.2) is 0 Å². The number of aromatic nitrogens is 1. The summed E-state index contributed by atoms with van der Waals surface area (Å²) in [5.41, 5.74) is 1.83. The van der Waals surface area contributed by atoms with E-state index in [2.05, 4.69) is 15.6 Å². The van der Waals surface area contributed by atoms with E-state index in [1.165, 1.54) is 11.3 Å². The molecule has 0 aliphatic carbocycles. The van der Waals surface area contributed by atoms with E-state index in [9.17, 15) is 9.59 Å². The first kappa shape index (κ1) is 14.5. The van der Waals surface area contributed by atoms with Crippen molar-refractivity contribution < 1.29 is 9.59 Å². The largest absolute Gasteiger partial charge is 0.347 e. The summed E-state index contributed by atoms with van der Waals surface area (Å²) in [6.45, 7) is 3.59. The molecule has 0 aromatic carbocycles. The third-order valence-corrected chi connectivity index (χ3v) is 4.67. The van der Waals surface area contributed by atoms with Crippen molar-refractivity contribution in [3.8, 4) is 0 Å². The van der Waals surface area contributed by atoms with E-state index in [0.29, 0.717) is 24.5 Å².